The number of nitrogens with zero attached hydrogens (tertiary/aromatic N) is 1. The van der Waals surface area contributed by atoms with Crippen LogP contribution in [0.5, 0.6) is 0 Å². The van der Waals surface area contributed by atoms with Crippen molar-refractivity contribution in [2.24, 2.45) is 11.8 Å². The molecule has 82 valence electrons. The lowest BCUT2D eigenvalue weighted by atomic mass is 9.84. The van der Waals surface area contributed by atoms with Gasteiger partial charge in [0, 0.05) is 12.5 Å². The molecule has 0 N–H and O–H groups in total. The molecule has 0 spiro atoms. The Morgan fingerprint density at radius 3 is 2.93 bits per heavy atom. The van der Waals surface area contributed by atoms with Crippen LogP contribution in [0.15, 0.2) is 0 Å². The molecule has 2 aliphatic heterocycles. The monoisotopic (exact) mass is 197 g/mol. The van der Waals surface area contributed by atoms with Crippen molar-refractivity contribution in [1.29, 1.82) is 0 Å². The van der Waals surface area contributed by atoms with Crippen LogP contribution in [0.25, 0.3) is 0 Å². The van der Waals surface area contributed by atoms with Crippen LogP contribution in [-0.2, 0) is 4.74 Å². The first-order chi connectivity index (χ1) is 6.85. The first-order valence-electron chi connectivity index (χ1n) is 6.19. The smallest absolute Gasteiger partial charge is 0.0616 e. The molecule has 2 saturated heterocycles. The van der Waals surface area contributed by atoms with Gasteiger partial charge < -0.3 is 9.64 Å². The van der Waals surface area contributed by atoms with Gasteiger partial charge in [-0.2, -0.15) is 0 Å². The molecule has 2 fully saturated rings. The van der Waals surface area contributed by atoms with Crippen LogP contribution >= 0.6 is 0 Å². The molecule has 3 atom stereocenters. The van der Waals surface area contributed by atoms with Crippen molar-refractivity contribution in [3.63, 3.8) is 0 Å². The minimum absolute atomic E-state index is 0.555. The highest BCUT2D eigenvalue weighted by Gasteiger charge is 2.39. The minimum Gasteiger partial charge on any atom is -0.378 e. The topological polar surface area (TPSA) is 12.5 Å². The summed E-state index contributed by atoms with van der Waals surface area (Å²) in [5, 5.41) is 0. The second kappa shape index (κ2) is 4.63. The summed E-state index contributed by atoms with van der Waals surface area (Å²) in [5.74, 6) is 1.70. The fourth-order valence-electron chi connectivity index (χ4n) is 3.04. The van der Waals surface area contributed by atoms with E-state index < -0.39 is 0 Å². The first-order valence-corrected chi connectivity index (χ1v) is 6.19. The summed E-state index contributed by atoms with van der Waals surface area (Å²) in [5.41, 5.74) is 0. The molecule has 0 aliphatic carbocycles. The van der Waals surface area contributed by atoms with E-state index in [-0.39, 0.29) is 0 Å². The standard InChI is InChI=1S/C12H23NO/c1-3-6-13-7-5-10-9-14-12(4-2)11(10)8-13/h10-12H,3-9H2,1-2H3. The first kappa shape index (κ1) is 10.4. The van der Waals surface area contributed by atoms with Crippen LogP contribution < -0.4 is 0 Å². The molecule has 0 radical (unpaired) electrons. The SMILES string of the molecule is CCCN1CCC2COC(CC)C2C1. The Balaban J connectivity index is 1.91. The maximum absolute atomic E-state index is 5.85. The molecule has 0 aromatic rings. The molecule has 14 heavy (non-hydrogen) atoms. The van der Waals surface area contributed by atoms with E-state index in [1.807, 2.05) is 0 Å². The molecule has 2 aliphatic rings. The number of hydrogen-bond acceptors (Lipinski definition) is 2. The van der Waals surface area contributed by atoms with Crippen LogP contribution in [0.2, 0.25) is 0 Å². The van der Waals surface area contributed by atoms with E-state index >= 15 is 0 Å². The summed E-state index contributed by atoms with van der Waals surface area (Å²) in [4.78, 5) is 2.62. The Kier molecular flexibility index (Phi) is 3.45. The summed E-state index contributed by atoms with van der Waals surface area (Å²) < 4.78 is 5.85. The zero-order valence-electron chi connectivity index (χ0n) is 9.54. The average molecular weight is 197 g/mol. The van der Waals surface area contributed by atoms with Gasteiger partial charge in [0.1, 0.15) is 0 Å². The van der Waals surface area contributed by atoms with Crippen molar-refractivity contribution >= 4 is 0 Å². The molecule has 2 heteroatoms. The van der Waals surface area contributed by atoms with E-state index in [9.17, 15) is 0 Å². The molecule has 0 aromatic heterocycles. The summed E-state index contributed by atoms with van der Waals surface area (Å²) in [6, 6.07) is 0. The van der Waals surface area contributed by atoms with E-state index in [1.54, 1.807) is 0 Å². The summed E-state index contributed by atoms with van der Waals surface area (Å²) in [7, 11) is 0. The lowest BCUT2D eigenvalue weighted by molar-refractivity contribution is 0.0731. The highest BCUT2D eigenvalue weighted by atomic mass is 16.5. The molecule has 0 bridgehead atoms. The van der Waals surface area contributed by atoms with E-state index in [0.29, 0.717) is 6.10 Å². The number of hydrogen-bond donors (Lipinski definition) is 0. The number of likely N-dealkylation sites (tertiary alicyclic amines) is 1. The zero-order chi connectivity index (χ0) is 9.97. The van der Waals surface area contributed by atoms with E-state index in [2.05, 4.69) is 18.7 Å². The van der Waals surface area contributed by atoms with Crippen molar-refractivity contribution < 1.29 is 4.74 Å². The fourth-order valence-corrected chi connectivity index (χ4v) is 3.04. The Bertz CT molecular complexity index is 177. The third-order valence-electron chi connectivity index (χ3n) is 3.83. The molecule has 3 unspecified atom stereocenters. The lowest BCUT2D eigenvalue weighted by Gasteiger charge is -2.35. The lowest BCUT2D eigenvalue weighted by Crippen LogP contribution is -2.42. The Labute approximate surface area is 87.6 Å². The van der Waals surface area contributed by atoms with Crippen molar-refractivity contribution in [3.05, 3.63) is 0 Å². The van der Waals surface area contributed by atoms with Crippen LogP contribution in [0.1, 0.15) is 33.1 Å². The molecule has 0 saturated carbocycles. The molecule has 2 heterocycles. The molecule has 2 rings (SSSR count). The van der Waals surface area contributed by atoms with Crippen LogP contribution in [0.3, 0.4) is 0 Å². The van der Waals surface area contributed by atoms with Gasteiger partial charge in [0.15, 0.2) is 0 Å². The maximum atomic E-state index is 5.85. The van der Waals surface area contributed by atoms with Gasteiger partial charge in [-0.15, -0.1) is 0 Å². The van der Waals surface area contributed by atoms with Crippen molar-refractivity contribution in [1.82, 2.24) is 4.90 Å². The Morgan fingerprint density at radius 1 is 1.36 bits per heavy atom. The number of fused-ring (bicyclic) bond motifs is 1. The normalized spacial score (nSPS) is 38.6. The van der Waals surface area contributed by atoms with Gasteiger partial charge in [-0.3, -0.25) is 0 Å². The maximum Gasteiger partial charge on any atom is 0.0616 e. The molecule has 2 nitrogen and oxygen atoms in total. The fraction of sp³-hybridized carbons (Fsp3) is 1.00. The third-order valence-corrected chi connectivity index (χ3v) is 3.83. The second-order valence-electron chi connectivity index (χ2n) is 4.79. The van der Waals surface area contributed by atoms with Gasteiger partial charge in [0.25, 0.3) is 0 Å². The minimum atomic E-state index is 0.555. The third kappa shape index (κ3) is 1.96. The highest BCUT2D eigenvalue weighted by Crippen LogP contribution is 2.35. The van der Waals surface area contributed by atoms with Crippen molar-refractivity contribution in [2.45, 2.75) is 39.2 Å². The van der Waals surface area contributed by atoms with Gasteiger partial charge in [-0.05, 0) is 38.3 Å². The number of piperidine rings is 1. The molecule has 0 amide bonds. The molecular formula is C12H23NO. The number of rotatable bonds is 3. The van der Waals surface area contributed by atoms with Gasteiger partial charge in [0.2, 0.25) is 0 Å². The summed E-state index contributed by atoms with van der Waals surface area (Å²) >= 11 is 0. The predicted octanol–water partition coefficient (Wildman–Crippen LogP) is 2.14. The highest BCUT2D eigenvalue weighted by molar-refractivity contribution is 4.89. The van der Waals surface area contributed by atoms with E-state index in [4.69, 9.17) is 4.74 Å². The van der Waals surface area contributed by atoms with Crippen molar-refractivity contribution in [3.8, 4) is 0 Å². The van der Waals surface area contributed by atoms with Crippen LogP contribution in [-0.4, -0.2) is 37.2 Å². The quantitative estimate of drug-likeness (QED) is 0.687. The predicted molar refractivity (Wildman–Crippen MR) is 58.4 cm³/mol. The van der Waals surface area contributed by atoms with E-state index in [1.165, 1.54) is 38.9 Å². The van der Waals surface area contributed by atoms with Gasteiger partial charge in [-0.1, -0.05) is 13.8 Å². The van der Waals surface area contributed by atoms with Gasteiger partial charge in [0.05, 0.1) is 12.7 Å². The van der Waals surface area contributed by atoms with Crippen LogP contribution in [0, 0.1) is 11.8 Å². The number of ether oxygens (including phenoxy) is 1. The largest absolute Gasteiger partial charge is 0.378 e. The van der Waals surface area contributed by atoms with Crippen molar-refractivity contribution in [2.75, 3.05) is 26.2 Å². The average Bonchev–Trinajstić information content (AvgIpc) is 2.60. The van der Waals surface area contributed by atoms with E-state index in [0.717, 1.165) is 18.4 Å². The Morgan fingerprint density at radius 2 is 2.21 bits per heavy atom. The van der Waals surface area contributed by atoms with Crippen LogP contribution in [0.4, 0.5) is 0 Å². The summed E-state index contributed by atoms with van der Waals surface area (Å²) in [6.45, 7) is 9.43. The molecular weight excluding hydrogens is 174 g/mol. The zero-order valence-corrected chi connectivity index (χ0v) is 9.54. The molecule has 0 aromatic carbocycles. The van der Waals surface area contributed by atoms with Gasteiger partial charge in [-0.25, -0.2) is 0 Å². The van der Waals surface area contributed by atoms with Gasteiger partial charge >= 0.3 is 0 Å². The Hall–Kier alpha value is -0.0800. The second-order valence-corrected chi connectivity index (χ2v) is 4.79. The summed E-state index contributed by atoms with van der Waals surface area (Å²) in [6.07, 6.45) is 4.40.